The van der Waals surface area contributed by atoms with Crippen molar-refractivity contribution < 1.29 is 33.7 Å². The lowest BCUT2D eigenvalue weighted by Crippen LogP contribution is -2.34. The van der Waals surface area contributed by atoms with Gasteiger partial charge in [-0.25, -0.2) is 19.1 Å². The molecule has 35 heavy (non-hydrogen) atoms. The van der Waals surface area contributed by atoms with Crippen LogP contribution in [0.15, 0.2) is 35.3 Å². The molecule has 3 atom stereocenters. The summed E-state index contributed by atoms with van der Waals surface area (Å²) in [5.74, 6) is -2.20. The molecule has 0 radical (unpaired) electrons. The van der Waals surface area contributed by atoms with E-state index in [1.54, 1.807) is 12.1 Å². The summed E-state index contributed by atoms with van der Waals surface area (Å²) in [6.45, 7) is 2.50. The Morgan fingerprint density at radius 2 is 1.91 bits per heavy atom. The first-order chi connectivity index (χ1) is 16.6. The van der Waals surface area contributed by atoms with Crippen molar-refractivity contribution in [3.63, 3.8) is 0 Å². The Kier molecular flexibility index (Phi) is 6.51. The van der Waals surface area contributed by atoms with Crippen LogP contribution in [0.4, 0.5) is 5.95 Å². The maximum Gasteiger partial charge on any atom is 0.335 e. The second-order valence-electron chi connectivity index (χ2n) is 8.01. The van der Waals surface area contributed by atoms with E-state index in [4.69, 9.17) is 25.1 Å². The first-order valence-corrected chi connectivity index (χ1v) is 10.7. The molecule has 2 aromatic heterocycles. The molecule has 0 amide bonds. The van der Waals surface area contributed by atoms with Crippen molar-refractivity contribution in [2.24, 2.45) is 0 Å². The van der Waals surface area contributed by atoms with Crippen LogP contribution in [0.25, 0.3) is 11.2 Å². The average Bonchev–Trinajstić information content (AvgIpc) is 3.29. The number of aromatic carboxylic acids is 1. The number of benzene rings is 1. The monoisotopic (exact) mass is 485 g/mol. The van der Waals surface area contributed by atoms with E-state index in [1.807, 2.05) is 0 Å². The van der Waals surface area contributed by atoms with E-state index in [-0.39, 0.29) is 36.7 Å². The molecule has 1 fully saturated rings. The number of fused-ring (bicyclic) bond motifs is 1. The number of rotatable bonds is 7. The quantitative estimate of drug-likeness (QED) is 0.450. The van der Waals surface area contributed by atoms with Crippen LogP contribution in [-0.2, 0) is 30.3 Å². The van der Waals surface area contributed by atoms with E-state index >= 15 is 0 Å². The highest BCUT2D eigenvalue weighted by Gasteiger charge is 2.41. The molecule has 0 aliphatic carbocycles. The van der Waals surface area contributed by atoms with Crippen LogP contribution in [-0.4, -0.2) is 60.9 Å². The van der Waals surface area contributed by atoms with E-state index < -0.39 is 42.0 Å². The summed E-state index contributed by atoms with van der Waals surface area (Å²) in [4.78, 5) is 55.9. The van der Waals surface area contributed by atoms with Gasteiger partial charge >= 0.3 is 23.6 Å². The molecule has 3 heterocycles. The zero-order valence-electron chi connectivity index (χ0n) is 18.9. The van der Waals surface area contributed by atoms with Gasteiger partial charge in [0.25, 0.3) is 0 Å². The molecule has 1 aliphatic rings. The number of nitrogens with zero attached hydrogens (tertiary/aromatic N) is 4. The summed E-state index contributed by atoms with van der Waals surface area (Å²) in [6.07, 6.45) is -0.946. The van der Waals surface area contributed by atoms with Crippen molar-refractivity contribution in [2.75, 3.05) is 12.3 Å². The van der Waals surface area contributed by atoms with E-state index in [0.717, 1.165) is 0 Å². The van der Waals surface area contributed by atoms with Crippen molar-refractivity contribution in [3.05, 3.63) is 52.1 Å². The van der Waals surface area contributed by atoms with Crippen LogP contribution in [0, 0.1) is 0 Å². The minimum absolute atomic E-state index is 0.0762. The van der Waals surface area contributed by atoms with Gasteiger partial charge in [0.05, 0.1) is 24.4 Å². The Morgan fingerprint density at radius 1 is 1.20 bits per heavy atom. The summed E-state index contributed by atoms with van der Waals surface area (Å²) in [6, 6.07) is 6.07. The molecule has 13 nitrogen and oxygen atoms in total. The Morgan fingerprint density at radius 3 is 2.54 bits per heavy atom. The highest BCUT2D eigenvalue weighted by atomic mass is 16.6. The number of carboxylic acid groups (broad SMARTS) is 1. The fraction of sp³-hybridized carbons (Fsp3) is 0.364. The molecule has 184 valence electrons. The number of ether oxygens (including phenoxy) is 3. The first kappa shape index (κ1) is 23.9. The lowest BCUT2D eigenvalue weighted by Gasteiger charge is -2.19. The third-order valence-electron chi connectivity index (χ3n) is 5.46. The Balaban J connectivity index is 1.76. The topological polar surface area (TPSA) is 178 Å². The van der Waals surface area contributed by atoms with Crippen molar-refractivity contribution >= 4 is 35.0 Å². The van der Waals surface area contributed by atoms with Crippen LogP contribution in [0.2, 0.25) is 0 Å². The summed E-state index contributed by atoms with van der Waals surface area (Å²) in [7, 11) is 0. The van der Waals surface area contributed by atoms with Crippen molar-refractivity contribution in [3.8, 4) is 0 Å². The number of esters is 2. The third kappa shape index (κ3) is 4.99. The molecule has 0 spiro atoms. The van der Waals surface area contributed by atoms with Gasteiger partial charge in [-0.2, -0.15) is 4.98 Å². The lowest BCUT2D eigenvalue weighted by molar-refractivity contribution is -0.153. The molecule has 1 saturated heterocycles. The van der Waals surface area contributed by atoms with Crippen LogP contribution in [0.3, 0.4) is 0 Å². The average molecular weight is 485 g/mol. The van der Waals surface area contributed by atoms with Gasteiger partial charge in [-0.05, 0) is 17.7 Å². The normalized spacial score (nSPS) is 19.5. The zero-order valence-corrected chi connectivity index (χ0v) is 18.9. The molecule has 1 aliphatic heterocycles. The molecule has 3 aromatic rings. The smallest absolute Gasteiger partial charge is 0.335 e. The summed E-state index contributed by atoms with van der Waals surface area (Å²) >= 11 is 0. The highest BCUT2D eigenvalue weighted by Crippen LogP contribution is 2.33. The van der Waals surface area contributed by atoms with Crippen molar-refractivity contribution in [1.29, 1.82) is 0 Å². The number of nitrogen functional groups attached to an aromatic ring is 1. The minimum atomic E-state index is -1.06. The second kappa shape index (κ2) is 9.54. The molecular weight excluding hydrogens is 462 g/mol. The number of carbonyl (C=O) groups is 3. The van der Waals surface area contributed by atoms with Crippen LogP contribution in [0.1, 0.15) is 42.4 Å². The predicted molar refractivity (Wildman–Crippen MR) is 119 cm³/mol. The lowest BCUT2D eigenvalue weighted by atomic mass is 10.1. The number of carbonyl (C=O) groups excluding carboxylic acids is 2. The van der Waals surface area contributed by atoms with Crippen LogP contribution < -0.4 is 11.4 Å². The van der Waals surface area contributed by atoms with Gasteiger partial charge in [-0.15, -0.1) is 0 Å². The summed E-state index contributed by atoms with van der Waals surface area (Å²) in [5, 5.41) is 9.11. The van der Waals surface area contributed by atoms with Gasteiger partial charge < -0.3 is 25.1 Å². The Bertz CT molecular complexity index is 1350. The fourth-order valence-electron chi connectivity index (χ4n) is 3.97. The second-order valence-corrected chi connectivity index (χ2v) is 8.01. The van der Waals surface area contributed by atoms with E-state index in [0.29, 0.717) is 11.1 Å². The number of hydrogen-bond donors (Lipinski definition) is 2. The van der Waals surface area contributed by atoms with E-state index in [1.165, 1.54) is 41.3 Å². The minimum Gasteiger partial charge on any atom is -0.478 e. The van der Waals surface area contributed by atoms with Gasteiger partial charge in [-0.1, -0.05) is 12.1 Å². The zero-order chi connectivity index (χ0) is 25.3. The SMILES string of the molecule is CC(=O)OC[C@@H]1C[C@@H](OC(C)=O)[C@H](n2c(=O)n(Cc3ccc(C(=O)O)cc3)c3cnc(N)nc32)O1. The number of aromatic nitrogens is 4. The number of anilines is 1. The van der Waals surface area contributed by atoms with E-state index in [2.05, 4.69) is 9.97 Å². The molecule has 13 heteroatoms. The van der Waals surface area contributed by atoms with Gasteiger partial charge in [0.1, 0.15) is 18.2 Å². The molecular formula is C22H23N5O8. The largest absolute Gasteiger partial charge is 0.478 e. The maximum absolute atomic E-state index is 13.6. The van der Waals surface area contributed by atoms with Crippen molar-refractivity contribution in [1.82, 2.24) is 19.1 Å². The number of carboxylic acids is 1. The number of imidazole rings is 1. The summed E-state index contributed by atoms with van der Waals surface area (Å²) < 4.78 is 19.0. The number of nitrogens with two attached hydrogens (primary N) is 1. The molecule has 4 rings (SSSR count). The maximum atomic E-state index is 13.6. The van der Waals surface area contributed by atoms with E-state index in [9.17, 15) is 19.2 Å². The molecule has 3 N–H and O–H groups in total. The Hall–Kier alpha value is -4.26. The molecule has 0 saturated carbocycles. The molecule has 1 aromatic carbocycles. The summed E-state index contributed by atoms with van der Waals surface area (Å²) in [5.41, 5.74) is 6.54. The van der Waals surface area contributed by atoms with Gasteiger partial charge in [0.15, 0.2) is 11.9 Å². The standard InChI is InChI=1S/C22H23N5O8/c1-11(28)33-10-15-7-17(34-12(2)29)19(35-15)27-18-16(8-24-21(23)25-18)26(22(27)32)9-13-3-5-14(6-4-13)20(30)31/h3-6,8,15,17,19H,7,9-10H2,1-2H3,(H,30,31)(H2,23,24,25)/t15-,17+,19+/m0/s1. The Labute approximate surface area is 198 Å². The van der Waals surface area contributed by atoms with Gasteiger partial charge in [0.2, 0.25) is 5.95 Å². The first-order valence-electron chi connectivity index (χ1n) is 10.7. The van der Waals surface area contributed by atoms with Crippen LogP contribution in [0.5, 0.6) is 0 Å². The number of hydrogen-bond acceptors (Lipinski definition) is 10. The molecule has 0 unspecified atom stereocenters. The van der Waals surface area contributed by atoms with Gasteiger partial charge in [-0.3, -0.25) is 14.2 Å². The highest BCUT2D eigenvalue weighted by molar-refractivity contribution is 5.87. The van der Waals surface area contributed by atoms with Crippen LogP contribution >= 0.6 is 0 Å². The van der Waals surface area contributed by atoms with Gasteiger partial charge in [0, 0.05) is 20.3 Å². The molecule has 0 bridgehead atoms. The predicted octanol–water partition coefficient (Wildman–Crippen LogP) is 0.704. The fourth-order valence-corrected chi connectivity index (χ4v) is 3.97. The third-order valence-corrected chi connectivity index (χ3v) is 5.46. The van der Waals surface area contributed by atoms with Crippen molar-refractivity contribution in [2.45, 2.75) is 45.2 Å².